The molecule has 11 heteroatoms. The summed E-state index contributed by atoms with van der Waals surface area (Å²) < 4.78 is 58.9. The fraction of sp³-hybridized carbons (Fsp3) is 0.304. The number of halogens is 5. The van der Waals surface area contributed by atoms with E-state index >= 15 is 0 Å². The van der Waals surface area contributed by atoms with E-state index in [0.29, 0.717) is 16.9 Å². The summed E-state index contributed by atoms with van der Waals surface area (Å²) in [6.45, 7) is 8.12. The van der Waals surface area contributed by atoms with E-state index in [1.807, 2.05) is 6.92 Å². The second kappa shape index (κ2) is 9.18. The summed E-state index contributed by atoms with van der Waals surface area (Å²) in [5.41, 5.74) is 3.02. The number of nitrogens with one attached hydrogen (secondary N) is 1. The Bertz CT molecular complexity index is 1370. The number of benzene rings is 2. The second-order valence-electron chi connectivity index (χ2n) is 8.79. The van der Waals surface area contributed by atoms with Crippen molar-refractivity contribution in [1.29, 1.82) is 0 Å². The molecule has 2 aromatic carbocycles. The first-order chi connectivity index (χ1) is 15.3. The molecule has 0 atom stereocenters. The number of aromatic nitrogens is 4. The van der Waals surface area contributed by atoms with E-state index in [2.05, 4.69) is 40.6 Å². The van der Waals surface area contributed by atoms with Gasteiger partial charge in [-0.3, -0.25) is 4.68 Å². The SMILES string of the molecule is Cc1c(C(C)(C)C)nn(C)c1-c1nc2cc(-c3c(F)cccc3OC(F)(F)F)cc(Cl)c2[nH]1.[NaH]. The molecule has 0 unspecified atom stereocenters. The molecular formula is C23H22ClF4N4NaO. The number of H-pyrrole nitrogens is 1. The molecule has 5 nitrogen and oxygen atoms in total. The van der Waals surface area contributed by atoms with Gasteiger partial charge in [-0.05, 0) is 36.8 Å². The molecule has 0 saturated heterocycles. The minimum absolute atomic E-state index is 0. The molecule has 4 aromatic rings. The maximum absolute atomic E-state index is 14.6. The minimum atomic E-state index is -4.97. The standard InChI is InChI=1S/C23H21ClF4N4O.Na.H/c1-11-19(32(5)31-20(11)22(2,3)4)21-29-15-10-12(9-13(24)18(15)30-21)17-14(25)7-6-8-16(17)33-23(26,27)28;;/h6-10H,1-5H3,(H,29,30);;. The van der Waals surface area contributed by atoms with Crippen LogP contribution in [0.15, 0.2) is 30.3 Å². The summed E-state index contributed by atoms with van der Waals surface area (Å²) in [7, 11) is 1.80. The first-order valence-electron chi connectivity index (χ1n) is 10.0. The zero-order valence-electron chi connectivity index (χ0n) is 18.5. The van der Waals surface area contributed by atoms with Gasteiger partial charge >= 0.3 is 35.9 Å². The van der Waals surface area contributed by atoms with E-state index in [4.69, 9.17) is 11.6 Å². The van der Waals surface area contributed by atoms with E-state index in [0.717, 1.165) is 35.2 Å². The molecular weight excluding hydrogens is 483 g/mol. The van der Waals surface area contributed by atoms with Crippen LogP contribution in [-0.2, 0) is 12.5 Å². The monoisotopic (exact) mass is 504 g/mol. The molecule has 0 aliphatic heterocycles. The number of hydrogen-bond donors (Lipinski definition) is 1. The quantitative estimate of drug-likeness (QED) is 0.264. The van der Waals surface area contributed by atoms with Crippen LogP contribution in [0.1, 0.15) is 32.0 Å². The Balaban J connectivity index is 0.00000324. The van der Waals surface area contributed by atoms with Crippen LogP contribution in [0.2, 0.25) is 5.02 Å². The molecule has 0 aliphatic rings. The molecule has 0 saturated carbocycles. The van der Waals surface area contributed by atoms with Crippen molar-refractivity contribution in [3.05, 3.63) is 52.4 Å². The number of ether oxygens (including phenoxy) is 1. The van der Waals surface area contributed by atoms with Crippen LogP contribution in [0.3, 0.4) is 0 Å². The number of rotatable bonds is 3. The summed E-state index contributed by atoms with van der Waals surface area (Å²) in [6, 6.07) is 6.10. The van der Waals surface area contributed by atoms with Gasteiger partial charge in [0, 0.05) is 18.0 Å². The fourth-order valence-electron chi connectivity index (χ4n) is 3.99. The molecule has 176 valence electrons. The van der Waals surface area contributed by atoms with Gasteiger partial charge in [0.05, 0.1) is 27.3 Å². The molecule has 2 aromatic heterocycles. The molecule has 0 spiro atoms. The van der Waals surface area contributed by atoms with E-state index in [9.17, 15) is 17.6 Å². The number of alkyl halides is 3. The first kappa shape index (κ1) is 26.5. The van der Waals surface area contributed by atoms with Gasteiger partial charge in [-0.1, -0.05) is 38.4 Å². The van der Waals surface area contributed by atoms with Crippen LogP contribution >= 0.6 is 11.6 Å². The number of imidazole rings is 1. The van der Waals surface area contributed by atoms with Crippen molar-refractivity contribution in [2.75, 3.05) is 0 Å². The third kappa shape index (κ3) is 4.98. The third-order valence-electron chi connectivity index (χ3n) is 5.25. The number of hydrogen-bond acceptors (Lipinski definition) is 3. The third-order valence-corrected chi connectivity index (χ3v) is 5.55. The van der Waals surface area contributed by atoms with Crippen LogP contribution in [0.25, 0.3) is 33.7 Å². The topological polar surface area (TPSA) is 55.7 Å². The molecule has 34 heavy (non-hydrogen) atoms. The van der Waals surface area contributed by atoms with Crippen LogP contribution in [-0.4, -0.2) is 55.7 Å². The van der Waals surface area contributed by atoms with Crippen molar-refractivity contribution in [3.8, 4) is 28.4 Å². The molecule has 0 fully saturated rings. The van der Waals surface area contributed by atoms with Crippen molar-refractivity contribution < 1.29 is 22.3 Å². The number of aryl methyl sites for hydroxylation is 1. The Morgan fingerprint density at radius 2 is 1.79 bits per heavy atom. The number of nitrogens with zero attached hydrogens (tertiary/aromatic N) is 3. The van der Waals surface area contributed by atoms with Crippen LogP contribution in [0.5, 0.6) is 5.75 Å². The van der Waals surface area contributed by atoms with Gasteiger partial charge in [0.25, 0.3) is 0 Å². The van der Waals surface area contributed by atoms with E-state index in [-0.39, 0.29) is 51.1 Å². The van der Waals surface area contributed by atoms with Crippen LogP contribution < -0.4 is 4.74 Å². The predicted octanol–water partition coefficient (Wildman–Crippen LogP) is 6.28. The molecule has 2 heterocycles. The Morgan fingerprint density at radius 3 is 2.38 bits per heavy atom. The molecule has 1 N–H and O–H groups in total. The number of fused-ring (bicyclic) bond motifs is 1. The van der Waals surface area contributed by atoms with Crippen LogP contribution in [0, 0.1) is 12.7 Å². The van der Waals surface area contributed by atoms with Gasteiger partial charge in [0.1, 0.15) is 17.3 Å². The van der Waals surface area contributed by atoms with Crippen molar-refractivity contribution in [3.63, 3.8) is 0 Å². The van der Waals surface area contributed by atoms with E-state index < -0.39 is 17.9 Å². The van der Waals surface area contributed by atoms with Gasteiger partial charge in [-0.15, -0.1) is 13.2 Å². The maximum atomic E-state index is 14.6. The summed E-state index contributed by atoms with van der Waals surface area (Å²) in [6.07, 6.45) is -4.97. The summed E-state index contributed by atoms with van der Waals surface area (Å²) in [4.78, 5) is 7.76. The predicted molar refractivity (Wildman–Crippen MR) is 126 cm³/mol. The summed E-state index contributed by atoms with van der Waals surface area (Å²) in [5, 5.41) is 4.80. The molecule has 0 bridgehead atoms. The fourth-order valence-corrected chi connectivity index (χ4v) is 4.26. The summed E-state index contributed by atoms with van der Waals surface area (Å²) in [5.74, 6) is -1.04. The molecule has 0 radical (unpaired) electrons. The van der Waals surface area contributed by atoms with Crippen molar-refractivity contribution in [2.24, 2.45) is 7.05 Å². The zero-order chi connectivity index (χ0) is 24.3. The average Bonchev–Trinajstić information content (AvgIpc) is 3.20. The summed E-state index contributed by atoms with van der Waals surface area (Å²) >= 11 is 6.43. The van der Waals surface area contributed by atoms with Crippen LogP contribution in [0.4, 0.5) is 17.6 Å². The molecule has 0 amide bonds. The van der Waals surface area contributed by atoms with E-state index in [1.165, 1.54) is 12.1 Å². The van der Waals surface area contributed by atoms with Crippen molar-refractivity contribution in [1.82, 2.24) is 19.7 Å². The van der Waals surface area contributed by atoms with Gasteiger partial charge in [-0.2, -0.15) is 5.10 Å². The molecule has 4 rings (SSSR count). The Labute approximate surface area is 220 Å². The number of aromatic amines is 1. The zero-order valence-corrected chi connectivity index (χ0v) is 19.3. The average molecular weight is 505 g/mol. The second-order valence-corrected chi connectivity index (χ2v) is 9.20. The van der Waals surface area contributed by atoms with Gasteiger partial charge in [0.15, 0.2) is 5.82 Å². The molecule has 0 aliphatic carbocycles. The van der Waals surface area contributed by atoms with E-state index in [1.54, 1.807) is 11.7 Å². The van der Waals surface area contributed by atoms with Gasteiger partial charge in [0.2, 0.25) is 0 Å². The normalized spacial score (nSPS) is 12.2. The Kier molecular flexibility index (Phi) is 7.17. The first-order valence-corrected chi connectivity index (χ1v) is 10.4. The van der Waals surface area contributed by atoms with Gasteiger partial charge in [-0.25, -0.2) is 9.37 Å². The van der Waals surface area contributed by atoms with Crippen molar-refractivity contribution in [2.45, 2.75) is 39.5 Å². The van der Waals surface area contributed by atoms with Gasteiger partial charge < -0.3 is 9.72 Å². The Hall–Kier alpha value is -2.07. The van der Waals surface area contributed by atoms with Crippen molar-refractivity contribution >= 4 is 52.2 Å². The Morgan fingerprint density at radius 1 is 1.12 bits per heavy atom.